The summed E-state index contributed by atoms with van der Waals surface area (Å²) in [6.45, 7) is 5.60. The summed E-state index contributed by atoms with van der Waals surface area (Å²) in [5.41, 5.74) is 1.53. The van der Waals surface area contributed by atoms with Crippen molar-refractivity contribution in [1.29, 1.82) is 0 Å². The Hall–Kier alpha value is 0.0500. The van der Waals surface area contributed by atoms with Crippen molar-refractivity contribution < 1.29 is 0 Å². The molecule has 0 saturated carbocycles. The lowest BCUT2D eigenvalue weighted by atomic mass is 10.1. The second-order valence-electron chi connectivity index (χ2n) is 2.74. The maximum absolute atomic E-state index is 3.42. The topological polar surface area (TPSA) is 12.0 Å². The van der Waals surface area contributed by atoms with Crippen LogP contribution < -0.4 is 5.32 Å². The quantitative estimate of drug-likeness (QED) is 0.625. The molecule has 1 atom stereocenters. The van der Waals surface area contributed by atoms with Crippen LogP contribution in [0, 0.1) is 0 Å². The van der Waals surface area contributed by atoms with Gasteiger partial charge in [0.05, 0.1) is 0 Å². The van der Waals surface area contributed by atoms with Gasteiger partial charge < -0.3 is 5.32 Å². The second-order valence-corrected chi connectivity index (χ2v) is 3.64. The predicted octanol–water partition coefficient (Wildman–Crippen LogP) is 2.01. The zero-order chi connectivity index (χ0) is 7.56. The highest BCUT2D eigenvalue weighted by Gasteiger charge is 2.13. The van der Waals surface area contributed by atoms with E-state index in [1.165, 1.54) is 12.0 Å². The van der Waals surface area contributed by atoms with E-state index >= 15 is 0 Å². The molecule has 1 nitrogen and oxygen atoms in total. The molecular weight excluding hydrogens is 142 g/mol. The van der Waals surface area contributed by atoms with E-state index in [0.717, 1.165) is 6.54 Å². The van der Waals surface area contributed by atoms with E-state index in [9.17, 15) is 0 Å². The van der Waals surface area contributed by atoms with E-state index in [4.69, 9.17) is 0 Å². The van der Waals surface area contributed by atoms with Gasteiger partial charge in [-0.2, -0.15) is 0 Å². The van der Waals surface area contributed by atoms with Gasteiger partial charge in [-0.15, -0.1) is 11.8 Å². The van der Waals surface area contributed by atoms with Crippen LogP contribution in [0.25, 0.3) is 0 Å². The van der Waals surface area contributed by atoms with Crippen molar-refractivity contribution >= 4 is 11.8 Å². The third-order valence-electron chi connectivity index (χ3n) is 2.14. The SMILES string of the molecule is CSC1=C(C)C(C)NCC1. The molecular formula is C8H15NS. The van der Waals surface area contributed by atoms with Crippen LogP contribution in [0.4, 0.5) is 0 Å². The normalized spacial score (nSPS) is 27.3. The molecule has 1 N–H and O–H groups in total. The molecule has 2 heteroatoms. The minimum atomic E-state index is 0.594. The van der Waals surface area contributed by atoms with Crippen LogP contribution >= 0.6 is 11.8 Å². The lowest BCUT2D eigenvalue weighted by molar-refractivity contribution is 0.580. The highest BCUT2D eigenvalue weighted by atomic mass is 32.2. The monoisotopic (exact) mass is 157 g/mol. The standard InChI is InChI=1S/C8H15NS/c1-6-7(2)9-5-4-8(6)10-3/h7,9H,4-5H2,1-3H3. The zero-order valence-corrected chi connectivity index (χ0v) is 7.72. The first-order valence-corrected chi connectivity index (χ1v) is 4.95. The average molecular weight is 157 g/mol. The molecule has 0 aromatic rings. The summed E-state index contributed by atoms with van der Waals surface area (Å²) in [5.74, 6) is 0. The Kier molecular flexibility index (Phi) is 2.81. The number of thioether (sulfide) groups is 1. The fourth-order valence-corrected chi connectivity index (χ4v) is 2.06. The van der Waals surface area contributed by atoms with E-state index in [1.54, 1.807) is 4.91 Å². The highest BCUT2D eigenvalue weighted by Crippen LogP contribution is 2.25. The molecule has 0 fully saturated rings. The largest absolute Gasteiger partial charge is 0.310 e. The van der Waals surface area contributed by atoms with Crippen molar-refractivity contribution in [3.05, 3.63) is 10.5 Å². The minimum Gasteiger partial charge on any atom is -0.310 e. The Morgan fingerprint density at radius 3 is 2.80 bits per heavy atom. The fraction of sp³-hybridized carbons (Fsp3) is 0.750. The summed E-state index contributed by atoms with van der Waals surface area (Å²) in [6, 6.07) is 0.594. The van der Waals surface area contributed by atoms with Crippen molar-refractivity contribution in [1.82, 2.24) is 5.32 Å². The molecule has 1 unspecified atom stereocenters. The number of hydrogen-bond acceptors (Lipinski definition) is 2. The molecule has 0 spiro atoms. The Balaban J connectivity index is 2.72. The Morgan fingerprint density at radius 2 is 2.30 bits per heavy atom. The third-order valence-corrected chi connectivity index (χ3v) is 3.16. The maximum Gasteiger partial charge on any atom is 0.0259 e. The summed E-state index contributed by atoms with van der Waals surface area (Å²) in [7, 11) is 0. The van der Waals surface area contributed by atoms with Gasteiger partial charge in [0.15, 0.2) is 0 Å². The van der Waals surface area contributed by atoms with Crippen LogP contribution in [0.2, 0.25) is 0 Å². The van der Waals surface area contributed by atoms with Crippen molar-refractivity contribution in [3.63, 3.8) is 0 Å². The van der Waals surface area contributed by atoms with Gasteiger partial charge in [-0.1, -0.05) is 0 Å². The first kappa shape index (κ1) is 8.15. The van der Waals surface area contributed by atoms with Gasteiger partial charge in [-0.05, 0) is 37.0 Å². The first-order chi connectivity index (χ1) is 4.75. The third kappa shape index (κ3) is 1.55. The van der Waals surface area contributed by atoms with Gasteiger partial charge in [0.2, 0.25) is 0 Å². The molecule has 1 aliphatic heterocycles. The van der Waals surface area contributed by atoms with Crippen LogP contribution in [0.1, 0.15) is 20.3 Å². The predicted molar refractivity (Wildman–Crippen MR) is 48.3 cm³/mol. The lowest BCUT2D eigenvalue weighted by Gasteiger charge is -2.23. The Labute approximate surface area is 67.3 Å². The molecule has 1 rings (SSSR count). The highest BCUT2D eigenvalue weighted by molar-refractivity contribution is 8.02. The van der Waals surface area contributed by atoms with Gasteiger partial charge in [-0.3, -0.25) is 0 Å². The van der Waals surface area contributed by atoms with Crippen LogP contribution in [-0.4, -0.2) is 18.8 Å². The summed E-state index contributed by atoms with van der Waals surface area (Å²) < 4.78 is 0. The number of rotatable bonds is 1. The molecule has 0 amide bonds. The second kappa shape index (κ2) is 3.44. The van der Waals surface area contributed by atoms with Crippen LogP contribution in [0.3, 0.4) is 0 Å². The van der Waals surface area contributed by atoms with Crippen LogP contribution in [-0.2, 0) is 0 Å². The molecule has 0 radical (unpaired) electrons. The van der Waals surface area contributed by atoms with Crippen molar-refractivity contribution in [2.45, 2.75) is 26.3 Å². The Morgan fingerprint density at radius 1 is 1.60 bits per heavy atom. The lowest BCUT2D eigenvalue weighted by Crippen LogP contribution is -2.32. The summed E-state index contributed by atoms with van der Waals surface area (Å²) in [6.07, 6.45) is 3.38. The molecule has 0 bridgehead atoms. The number of nitrogens with one attached hydrogen (secondary N) is 1. The molecule has 1 heterocycles. The van der Waals surface area contributed by atoms with Crippen molar-refractivity contribution in [2.75, 3.05) is 12.8 Å². The van der Waals surface area contributed by atoms with Crippen molar-refractivity contribution in [3.8, 4) is 0 Å². The summed E-state index contributed by atoms with van der Waals surface area (Å²) in [5, 5.41) is 3.42. The van der Waals surface area contributed by atoms with E-state index in [2.05, 4.69) is 25.4 Å². The van der Waals surface area contributed by atoms with Crippen LogP contribution in [0.5, 0.6) is 0 Å². The average Bonchev–Trinajstić information content (AvgIpc) is 1.95. The molecule has 0 aromatic heterocycles. The van der Waals surface area contributed by atoms with E-state index < -0.39 is 0 Å². The van der Waals surface area contributed by atoms with Gasteiger partial charge in [-0.25, -0.2) is 0 Å². The minimum absolute atomic E-state index is 0.594. The molecule has 0 saturated heterocycles. The van der Waals surface area contributed by atoms with Gasteiger partial charge in [0.25, 0.3) is 0 Å². The van der Waals surface area contributed by atoms with Crippen molar-refractivity contribution in [2.24, 2.45) is 0 Å². The number of hydrogen-bond donors (Lipinski definition) is 1. The maximum atomic E-state index is 3.42. The molecule has 0 aromatic carbocycles. The fourth-order valence-electron chi connectivity index (χ4n) is 1.26. The Bertz CT molecular complexity index is 151. The molecule has 10 heavy (non-hydrogen) atoms. The van der Waals surface area contributed by atoms with Gasteiger partial charge in [0.1, 0.15) is 0 Å². The van der Waals surface area contributed by atoms with E-state index in [0.29, 0.717) is 6.04 Å². The molecule has 0 aliphatic carbocycles. The summed E-state index contributed by atoms with van der Waals surface area (Å²) >= 11 is 1.90. The first-order valence-electron chi connectivity index (χ1n) is 3.72. The van der Waals surface area contributed by atoms with E-state index in [-0.39, 0.29) is 0 Å². The van der Waals surface area contributed by atoms with Crippen LogP contribution in [0.15, 0.2) is 10.5 Å². The smallest absolute Gasteiger partial charge is 0.0259 e. The zero-order valence-electron chi connectivity index (χ0n) is 6.90. The summed E-state index contributed by atoms with van der Waals surface area (Å²) in [4.78, 5) is 1.58. The molecule has 1 aliphatic rings. The van der Waals surface area contributed by atoms with E-state index in [1.807, 2.05) is 11.8 Å². The van der Waals surface area contributed by atoms with Gasteiger partial charge >= 0.3 is 0 Å². The molecule has 58 valence electrons. The van der Waals surface area contributed by atoms with Gasteiger partial charge in [0, 0.05) is 12.6 Å².